The molecule has 0 aromatic carbocycles. The SMILES string of the molecule is CCCCC(O)CCCC.[K]. The monoisotopic (exact) mass is 183 g/mol. The van der Waals surface area contributed by atoms with Crippen LogP contribution >= 0.6 is 0 Å². The maximum atomic E-state index is 9.31. The molecule has 0 aromatic heterocycles. The third-order valence-electron chi connectivity index (χ3n) is 1.78. The summed E-state index contributed by atoms with van der Waals surface area (Å²) in [6, 6.07) is 0. The van der Waals surface area contributed by atoms with Crippen LogP contribution in [0, 0.1) is 0 Å². The van der Waals surface area contributed by atoms with E-state index in [2.05, 4.69) is 13.8 Å². The fourth-order valence-electron chi connectivity index (χ4n) is 1.02. The summed E-state index contributed by atoms with van der Waals surface area (Å²) < 4.78 is 0. The Kier molecular flexibility index (Phi) is 15.9. The van der Waals surface area contributed by atoms with Gasteiger partial charge in [-0.05, 0) is 12.8 Å². The van der Waals surface area contributed by atoms with Gasteiger partial charge in [0.25, 0.3) is 0 Å². The summed E-state index contributed by atoms with van der Waals surface area (Å²) in [6.45, 7) is 4.32. The summed E-state index contributed by atoms with van der Waals surface area (Å²) in [5.41, 5.74) is 0. The van der Waals surface area contributed by atoms with Crippen molar-refractivity contribution in [3.05, 3.63) is 0 Å². The molecule has 0 atom stereocenters. The molecule has 1 radical (unpaired) electrons. The molecule has 0 aromatic rings. The first-order chi connectivity index (χ1) is 4.81. The minimum Gasteiger partial charge on any atom is -0.393 e. The van der Waals surface area contributed by atoms with Crippen LogP contribution in [0.1, 0.15) is 52.4 Å². The van der Waals surface area contributed by atoms with E-state index < -0.39 is 0 Å². The molecule has 0 spiro atoms. The maximum Gasteiger partial charge on any atom is 0.0540 e. The second kappa shape index (κ2) is 11.6. The summed E-state index contributed by atoms with van der Waals surface area (Å²) in [5, 5.41) is 9.31. The summed E-state index contributed by atoms with van der Waals surface area (Å²) in [7, 11) is 0. The molecule has 0 bridgehead atoms. The van der Waals surface area contributed by atoms with Crippen LogP contribution in [0.15, 0.2) is 0 Å². The first kappa shape index (κ1) is 15.1. The van der Waals surface area contributed by atoms with Crippen molar-refractivity contribution in [1.82, 2.24) is 0 Å². The van der Waals surface area contributed by atoms with E-state index in [0.717, 1.165) is 12.8 Å². The number of aliphatic hydroxyl groups excluding tert-OH is 1. The molecular formula is C9H20KO. The Morgan fingerprint density at radius 1 is 1.00 bits per heavy atom. The first-order valence-corrected chi connectivity index (χ1v) is 4.49. The van der Waals surface area contributed by atoms with Crippen molar-refractivity contribution in [3.63, 3.8) is 0 Å². The van der Waals surface area contributed by atoms with Crippen LogP contribution in [0.25, 0.3) is 0 Å². The fraction of sp³-hybridized carbons (Fsp3) is 1.00. The quantitative estimate of drug-likeness (QED) is 0.627. The average molecular weight is 183 g/mol. The van der Waals surface area contributed by atoms with Crippen LogP contribution in [0.5, 0.6) is 0 Å². The zero-order valence-electron chi connectivity index (χ0n) is 8.27. The Bertz CT molecular complexity index is 58.6. The third kappa shape index (κ3) is 11.6. The molecular weight excluding hydrogens is 163 g/mol. The van der Waals surface area contributed by atoms with Crippen molar-refractivity contribution in [2.75, 3.05) is 0 Å². The number of hydrogen-bond donors (Lipinski definition) is 1. The van der Waals surface area contributed by atoms with Gasteiger partial charge in [0.1, 0.15) is 0 Å². The average Bonchev–Trinajstić information content (AvgIpc) is 1.97. The van der Waals surface area contributed by atoms with E-state index in [1.54, 1.807) is 0 Å². The van der Waals surface area contributed by atoms with Crippen LogP contribution in [-0.4, -0.2) is 62.6 Å². The number of hydrogen-bond acceptors (Lipinski definition) is 1. The third-order valence-corrected chi connectivity index (χ3v) is 1.78. The van der Waals surface area contributed by atoms with E-state index in [0.29, 0.717) is 0 Å². The molecule has 0 amide bonds. The molecule has 1 N–H and O–H groups in total. The Morgan fingerprint density at radius 2 is 1.36 bits per heavy atom. The maximum absolute atomic E-state index is 9.31. The van der Waals surface area contributed by atoms with E-state index >= 15 is 0 Å². The minimum absolute atomic E-state index is 0. The molecule has 63 valence electrons. The molecule has 0 fully saturated rings. The molecule has 0 saturated heterocycles. The van der Waals surface area contributed by atoms with Crippen molar-refractivity contribution >= 4 is 51.4 Å². The molecule has 0 aliphatic heterocycles. The molecule has 0 aliphatic rings. The Labute approximate surface area is 113 Å². The van der Waals surface area contributed by atoms with Crippen LogP contribution in [0.3, 0.4) is 0 Å². The largest absolute Gasteiger partial charge is 0.393 e. The Morgan fingerprint density at radius 3 is 1.64 bits per heavy atom. The second-order valence-corrected chi connectivity index (χ2v) is 2.94. The van der Waals surface area contributed by atoms with Crippen LogP contribution < -0.4 is 0 Å². The van der Waals surface area contributed by atoms with Gasteiger partial charge >= 0.3 is 0 Å². The van der Waals surface area contributed by atoms with Crippen LogP contribution in [-0.2, 0) is 0 Å². The van der Waals surface area contributed by atoms with Gasteiger partial charge in [-0.2, -0.15) is 0 Å². The summed E-state index contributed by atoms with van der Waals surface area (Å²) in [4.78, 5) is 0. The van der Waals surface area contributed by atoms with Gasteiger partial charge < -0.3 is 5.11 Å². The van der Waals surface area contributed by atoms with Crippen LogP contribution in [0.2, 0.25) is 0 Å². The summed E-state index contributed by atoms with van der Waals surface area (Å²) in [5.74, 6) is 0. The molecule has 0 unspecified atom stereocenters. The number of aliphatic hydroxyl groups is 1. The molecule has 0 rings (SSSR count). The zero-order valence-corrected chi connectivity index (χ0v) is 11.4. The first-order valence-electron chi connectivity index (χ1n) is 4.49. The Balaban J connectivity index is 0. The van der Waals surface area contributed by atoms with E-state index in [9.17, 15) is 5.11 Å². The van der Waals surface area contributed by atoms with Gasteiger partial charge in [0.2, 0.25) is 0 Å². The van der Waals surface area contributed by atoms with Gasteiger partial charge in [0, 0.05) is 51.4 Å². The normalized spacial score (nSPS) is 9.82. The zero-order chi connectivity index (χ0) is 7.82. The van der Waals surface area contributed by atoms with Gasteiger partial charge in [-0.3, -0.25) is 0 Å². The molecule has 11 heavy (non-hydrogen) atoms. The standard InChI is InChI=1S/C9H20O.K/c1-3-5-7-9(10)8-6-4-2;/h9-10H,3-8H2,1-2H3;. The molecule has 0 aliphatic carbocycles. The smallest absolute Gasteiger partial charge is 0.0540 e. The number of rotatable bonds is 6. The van der Waals surface area contributed by atoms with Gasteiger partial charge in [-0.25, -0.2) is 0 Å². The van der Waals surface area contributed by atoms with Crippen molar-refractivity contribution in [2.45, 2.75) is 58.5 Å². The van der Waals surface area contributed by atoms with Gasteiger partial charge in [0.15, 0.2) is 0 Å². The van der Waals surface area contributed by atoms with E-state index in [4.69, 9.17) is 0 Å². The van der Waals surface area contributed by atoms with Crippen molar-refractivity contribution in [3.8, 4) is 0 Å². The molecule has 0 heterocycles. The molecule has 0 saturated carbocycles. The van der Waals surface area contributed by atoms with Crippen molar-refractivity contribution < 1.29 is 5.11 Å². The molecule has 2 heteroatoms. The summed E-state index contributed by atoms with van der Waals surface area (Å²) in [6.07, 6.45) is 6.70. The van der Waals surface area contributed by atoms with Gasteiger partial charge in [-0.1, -0.05) is 39.5 Å². The number of unbranched alkanes of at least 4 members (excludes halogenated alkanes) is 2. The van der Waals surface area contributed by atoms with E-state index in [-0.39, 0.29) is 57.5 Å². The van der Waals surface area contributed by atoms with Crippen molar-refractivity contribution in [1.29, 1.82) is 0 Å². The van der Waals surface area contributed by atoms with Crippen molar-refractivity contribution in [2.24, 2.45) is 0 Å². The van der Waals surface area contributed by atoms with Gasteiger partial charge in [-0.15, -0.1) is 0 Å². The summed E-state index contributed by atoms with van der Waals surface area (Å²) >= 11 is 0. The predicted octanol–water partition coefficient (Wildman–Crippen LogP) is 2.35. The topological polar surface area (TPSA) is 20.2 Å². The second-order valence-electron chi connectivity index (χ2n) is 2.94. The Hall–Kier alpha value is 1.60. The van der Waals surface area contributed by atoms with E-state index in [1.165, 1.54) is 25.7 Å². The van der Waals surface area contributed by atoms with E-state index in [1.807, 2.05) is 0 Å². The van der Waals surface area contributed by atoms with Gasteiger partial charge in [0.05, 0.1) is 6.10 Å². The minimum atomic E-state index is -0.0279. The fourth-order valence-corrected chi connectivity index (χ4v) is 1.02. The van der Waals surface area contributed by atoms with Crippen LogP contribution in [0.4, 0.5) is 0 Å². The predicted molar refractivity (Wildman–Crippen MR) is 50.8 cm³/mol. The molecule has 1 nitrogen and oxygen atoms in total.